The topological polar surface area (TPSA) is 58.1 Å². The van der Waals surface area contributed by atoms with Crippen molar-refractivity contribution >= 4 is 29.9 Å². The maximum absolute atomic E-state index is 6.23. The van der Waals surface area contributed by atoms with E-state index >= 15 is 0 Å². The molecule has 2 aromatic carbocycles. The lowest BCUT2D eigenvalue weighted by molar-refractivity contribution is 0.140. The molecule has 1 aliphatic rings. The van der Waals surface area contributed by atoms with Gasteiger partial charge in [0.1, 0.15) is 11.9 Å². The highest BCUT2D eigenvalue weighted by molar-refractivity contribution is 14.0. The molecule has 7 heteroatoms. The Morgan fingerprint density at radius 1 is 1.19 bits per heavy atom. The largest absolute Gasteiger partial charge is 0.488 e. The van der Waals surface area contributed by atoms with Crippen LogP contribution < -0.4 is 15.4 Å². The van der Waals surface area contributed by atoms with Crippen molar-refractivity contribution in [2.24, 2.45) is 4.99 Å². The first-order chi connectivity index (χ1) is 15.1. The number of rotatable bonds is 9. The number of nitrogens with zero attached hydrogens (tertiary/aromatic N) is 2. The van der Waals surface area contributed by atoms with Gasteiger partial charge in [0, 0.05) is 25.1 Å². The van der Waals surface area contributed by atoms with Crippen molar-refractivity contribution in [1.29, 1.82) is 0 Å². The summed E-state index contributed by atoms with van der Waals surface area (Å²) in [5, 5.41) is 6.87. The summed E-state index contributed by atoms with van der Waals surface area (Å²) in [5.74, 6) is 1.71. The average Bonchev–Trinajstić information content (AvgIpc) is 3.27. The molecule has 1 heterocycles. The number of hydrogen-bond acceptors (Lipinski definition) is 4. The van der Waals surface area contributed by atoms with E-state index in [1.807, 2.05) is 6.07 Å². The SMILES string of the molecule is CCNC(=NCc1ccc(C)cc1OC1CCOC1)NCC(c1ccccc1)N(C)C.I. The Morgan fingerprint density at radius 3 is 2.62 bits per heavy atom. The number of aliphatic imine (C=N–C) groups is 1. The molecule has 2 atom stereocenters. The van der Waals surface area contributed by atoms with Gasteiger partial charge in [0.05, 0.1) is 25.8 Å². The third-order valence-corrected chi connectivity index (χ3v) is 5.43. The first-order valence-corrected chi connectivity index (χ1v) is 11.1. The molecule has 0 amide bonds. The van der Waals surface area contributed by atoms with Crippen LogP contribution in [0, 0.1) is 6.92 Å². The maximum atomic E-state index is 6.23. The van der Waals surface area contributed by atoms with Crippen molar-refractivity contribution in [3.63, 3.8) is 0 Å². The van der Waals surface area contributed by atoms with Gasteiger partial charge in [0.25, 0.3) is 0 Å². The molecule has 0 spiro atoms. The van der Waals surface area contributed by atoms with Gasteiger partial charge in [0.15, 0.2) is 5.96 Å². The van der Waals surface area contributed by atoms with Gasteiger partial charge in [-0.3, -0.25) is 0 Å². The second-order valence-corrected chi connectivity index (χ2v) is 8.18. The molecule has 1 fully saturated rings. The molecule has 2 N–H and O–H groups in total. The van der Waals surface area contributed by atoms with Gasteiger partial charge in [-0.05, 0) is 45.1 Å². The van der Waals surface area contributed by atoms with Crippen LogP contribution in [0.4, 0.5) is 0 Å². The lowest BCUT2D eigenvalue weighted by Gasteiger charge is -2.26. The van der Waals surface area contributed by atoms with Crippen molar-refractivity contribution in [3.05, 3.63) is 65.2 Å². The van der Waals surface area contributed by atoms with Crippen LogP contribution in [0.15, 0.2) is 53.5 Å². The van der Waals surface area contributed by atoms with Crippen molar-refractivity contribution < 1.29 is 9.47 Å². The molecule has 0 bridgehead atoms. The summed E-state index contributed by atoms with van der Waals surface area (Å²) in [7, 11) is 4.21. The van der Waals surface area contributed by atoms with Crippen LogP contribution in [-0.2, 0) is 11.3 Å². The van der Waals surface area contributed by atoms with Crippen LogP contribution in [0.3, 0.4) is 0 Å². The molecule has 0 saturated carbocycles. The quantitative estimate of drug-likeness (QED) is 0.278. The molecule has 0 aliphatic carbocycles. The summed E-state index contributed by atoms with van der Waals surface area (Å²) in [5.41, 5.74) is 3.55. The van der Waals surface area contributed by atoms with E-state index < -0.39 is 0 Å². The second kappa shape index (κ2) is 13.6. The van der Waals surface area contributed by atoms with Crippen molar-refractivity contribution in [2.75, 3.05) is 40.4 Å². The first kappa shape index (κ1) is 26.4. The van der Waals surface area contributed by atoms with Gasteiger partial charge in [-0.2, -0.15) is 0 Å². The van der Waals surface area contributed by atoms with Gasteiger partial charge >= 0.3 is 0 Å². The molecular formula is C25H37IN4O2. The Labute approximate surface area is 209 Å². The molecular weight excluding hydrogens is 515 g/mol. The first-order valence-electron chi connectivity index (χ1n) is 11.1. The number of halogens is 1. The molecule has 6 nitrogen and oxygen atoms in total. The molecule has 32 heavy (non-hydrogen) atoms. The highest BCUT2D eigenvalue weighted by Crippen LogP contribution is 2.24. The van der Waals surface area contributed by atoms with Crippen LogP contribution in [0.2, 0.25) is 0 Å². The third-order valence-electron chi connectivity index (χ3n) is 5.43. The Kier molecular flexibility index (Phi) is 11.3. The molecule has 2 unspecified atom stereocenters. The number of nitrogens with one attached hydrogen (secondary N) is 2. The van der Waals surface area contributed by atoms with Gasteiger partial charge in [-0.15, -0.1) is 24.0 Å². The molecule has 0 radical (unpaired) electrons. The molecule has 2 aromatic rings. The highest BCUT2D eigenvalue weighted by atomic mass is 127. The summed E-state index contributed by atoms with van der Waals surface area (Å²) >= 11 is 0. The summed E-state index contributed by atoms with van der Waals surface area (Å²) in [6, 6.07) is 17.1. The fraction of sp³-hybridized carbons (Fsp3) is 0.480. The molecule has 1 saturated heterocycles. The summed E-state index contributed by atoms with van der Waals surface area (Å²) < 4.78 is 11.7. The van der Waals surface area contributed by atoms with Gasteiger partial charge < -0.3 is 25.0 Å². The van der Waals surface area contributed by atoms with Gasteiger partial charge in [-0.1, -0.05) is 42.5 Å². The van der Waals surface area contributed by atoms with E-state index in [1.165, 1.54) is 11.1 Å². The summed E-state index contributed by atoms with van der Waals surface area (Å²) in [4.78, 5) is 7.06. The van der Waals surface area contributed by atoms with Crippen LogP contribution in [0.5, 0.6) is 5.75 Å². The van der Waals surface area contributed by atoms with Crippen LogP contribution >= 0.6 is 24.0 Å². The smallest absolute Gasteiger partial charge is 0.191 e. The van der Waals surface area contributed by atoms with Crippen LogP contribution in [-0.4, -0.2) is 57.4 Å². The van der Waals surface area contributed by atoms with Crippen molar-refractivity contribution in [2.45, 2.75) is 39.0 Å². The number of ether oxygens (including phenoxy) is 2. The summed E-state index contributed by atoms with van der Waals surface area (Å²) in [6.45, 7) is 7.72. The van der Waals surface area contributed by atoms with E-state index in [4.69, 9.17) is 14.5 Å². The maximum Gasteiger partial charge on any atom is 0.191 e. The fourth-order valence-corrected chi connectivity index (χ4v) is 3.66. The van der Waals surface area contributed by atoms with E-state index in [1.54, 1.807) is 0 Å². The zero-order valence-electron chi connectivity index (χ0n) is 19.6. The van der Waals surface area contributed by atoms with E-state index in [0.717, 1.165) is 43.4 Å². The number of aryl methyl sites for hydroxylation is 1. The number of guanidine groups is 1. The summed E-state index contributed by atoms with van der Waals surface area (Å²) in [6.07, 6.45) is 1.06. The normalized spacial score (nSPS) is 17.0. The zero-order valence-corrected chi connectivity index (χ0v) is 22.0. The number of likely N-dealkylation sites (N-methyl/N-ethyl adjacent to an activating group) is 1. The van der Waals surface area contributed by atoms with Crippen LogP contribution in [0.25, 0.3) is 0 Å². The molecule has 176 valence electrons. The van der Waals surface area contributed by atoms with E-state index in [2.05, 4.69) is 85.9 Å². The monoisotopic (exact) mass is 552 g/mol. The predicted octanol–water partition coefficient (Wildman–Crippen LogP) is 4.14. The van der Waals surface area contributed by atoms with Crippen molar-refractivity contribution in [1.82, 2.24) is 15.5 Å². The Bertz CT molecular complexity index is 839. The fourth-order valence-electron chi connectivity index (χ4n) is 3.66. The zero-order chi connectivity index (χ0) is 22.1. The van der Waals surface area contributed by atoms with Gasteiger partial charge in [-0.25, -0.2) is 4.99 Å². The Hall–Kier alpha value is -1.84. The van der Waals surface area contributed by atoms with Gasteiger partial charge in [0.2, 0.25) is 0 Å². The minimum atomic E-state index is 0. The standard InChI is InChI=1S/C25H36N4O2.HI/c1-5-26-25(28-17-23(29(3)4)20-9-7-6-8-10-20)27-16-21-12-11-19(2)15-24(21)31-22-13-14-30-18-22;/h6-12,15,22-23H,5,13-14,16-18H2,1-4H3,(H2,26,27,28);1H. The molecule has 0 aromatic heterocycles. The molecule has 1 aliphatic heterocycles. The molecule has 3 rings (SSSR count). The third kappa shape index (κ3) is 7.94. The van der Waals surface area contributed by atoms with Crippen LogP contribution in [0.1, 0.15) is 36.1 Å². The second-order valence-electron chi connectivity index (χ2n) is 8.18. The average molecular weight is 553 g/mol. The minimum absolute atomic E-state index is 0. The predicted molar refractivity (Wildman–Crippen MR) is 142 cm³/mol. The Morgan fingerprint density at radius 2 is 1.97 bits per heavy atom. The lowest BCUT2D eigenvalue weighted by atomic mass is 10.1. The highest BCUT2D eigenvalue weighted by Gasteiger charge is 2.19. The van der Waals surface area contributed by atoms with Crippen molar-refractivity contribution in [3.8, 4) is 5.75 Å². The van der Waals surface area contributed by atoms with E-state index in [0.29, 0.717) is 13.2 Å². The number of hydrogen-bond donors (Lipinski definition) is 2. The number of benzene rings is 2. The Balaban J connectivity index is 0.00000363. The van der Waals surface area contributed by atoms with E-state index in [9.17, 15) is 0 Å². The lowest BCUT2D eigenvalue weighted by Crippen LogP contribution is -2.41. The minimum Gasteiger partial charge on any atom is -0.488 e. The van der Waals surface area contributed by atoms with E-state index in [-0.39, 0.29) is 36.1 Å².